The molecule has 1 aliphatic heterocycles. The number of Topliss-reactive ketones (excluding diaryl/α,β-unsaturated/α-hetero) is 1. The second-order valence-electron chi connectivity index (χ2n) is 7.66. The van der Waals surface area contributed by atoms with Crippen molar-refractivity contribution >= 4 is 5.78 Å². The van der Waals surface area contributed by atoms with E-state index in [1.54, 1.807) is 12.1 Å². The van der Waals surface area contributed by atoms with Crippen LogP contribution >= 0.6 is 0 Å². The third kappa shape index (κ3) is 5.15. The van der Waals surface area contributed by atoms with Gasteiger partial charge in [-0.25, -0.2) is 0 Å². The fourth-order valence-electron chi connectivity index (χ4n) is 3.76. The molecule has 9 nitrogen and oxygen atoms in total. The number of aromatic hydroxyl groups is 3. The standard InChI is InChI=1S/C22H26O9/c23-10-18-21(29)22(30)20(28)17(31-18)8-12-7-14(25)9-16(27)19(12)15(26)6-3-11-1-4-13(24)5-2-11/h1-2,4-5,7,9,17-18,20-25,27-30H,3,6,8,10H2. The molecule has 0 aromatic heterocycles. The molecule has 0 amide bonds. The Bertz CT molecular complexity index is 910. The van der Waals surface area contributed by atoms with Crippen LogP contribution in [0.3, 0.4) is 0 Å². The number of ketones is 1. The molecular formula is C22H26O9. The topological polar surface area (TPSA) is 168 Å². The summed E-state index contributed by atoms with van der Waals surface area (Å²) in [5.41, 5.74) is 0.950. The summed E-state index contributed by atoms with van der Waals surface area (Å²) in [6.45, 7) is -0.592. The highest BCUT2D eigenvalue weighted by Crippen LogP contribution is 2.32. The van der Waals surface area contributed by atoms with Crippen molar-refractivity contribution in [3.05, 3.63) is 53.1 Å². The van der Waals surface area contributed by atoms with Gasteiger partial charge in [0, 0.05) is 18.9 Å². The van der Waals surface area contributed by atoms with Crippen LogP contribution in [0, 0.1) is 0 Å². The van der Waals surface area contributed by atoms with Crippen LogP contribution in [0.4, 0.5) is 0 Å². The SMILES string of the molecule is O=C(CCc1ccc(O)cc1)c1c(O)cc(O)cc1CC1OC(CO)C(O)C(O)C1O. The third-order valence-corrected chi connectivity index (χ3v) is 5.45. The van der Waals surface area contributed by atoms with Gasteiger partial charge in [0.15, 0.2) is 5.78 Å². The van der Waals surface area contributed by atoms with Gasteiger partial charge in [0.25, 0.3) is 0 Å². The third-order valence-electron chi connectivity index (χ3n) is 5.45. The van der Waals surface area contributed by atoms with Crippen LogP contribution in [0.25, 0.3) is 0 Å². The summed E-state index contributed by atoms with van der Waals surface area (Å²) in [7, 11) is 0. The Morgan fingerprint density at radius 1 is 0.871 bits per heavy atom. The molecule has 0 aliphatic carbocycles. The maximum Gasteiger partial charge on any atom is 0.167 e. The molecule has 5 unspecified atom stereocenters. The first-order chi connectivity index (χ1) is 14.7. The van der Waals surface area contributed by atoms with Gasteiger partial charge in [0.1, 0.15) is 41.7 Å². The first kappa shape index (κ1) is 23.0. The van der Waals surface area contributed by atoms with E-state index in [0.29, 0.717) is 6.42 Å². The summed E-state index contributed by atoms with van der Waals surface area (Å²) in [6.07, 6.45) is -6.59. The number of benzene rings is 2. The molecule has 1 heterocycles. The average molecular weight is 434 g/mol. The molecule has 3 rings (SSSR count). The number of carbonyl (C=O) groups excluding carboxylic acids is 1. The van der Waals surface area contributed by atoms with Crippen LogP contribution in [0.15, 0.2) is 36.4 Å². The van der Waals surface area contributed by atoms with Crippen molar-refractivity contribution in [1.82, 2.24) is 0 Å². The second-order valence-corrected chi connectivity index (χ2v) is 7.66. The number of aliphatic hydroxyl groups excluding tert-OH is 4. The number of phenols is 3. The molecular weight excluding hydrogens is 408 g/mol. The first-order valence-corrected chi connectivity index (χ1v) is 9.87. The normalized spacial score (nSPS) is 26.0. The highest BCUT2D eigenvalue weighted by Gasteiger charge is 2.43. The number of aliphatic hydroxyl groups is 4. The van der Waals surface area contributed by atoms with Crippen LogP contribution in [0.5, 0.6) is 17.2 Å². The predicted octanol–water partition coefficient (Wildman–Crippen LogP) is 0.00380. The molecule has 31 heavy (non-hydrogen) atoms. The second kappa shape index (κ2) is 9.63. The molecule has 0 spiro atoms. The van der Waals surface area contributed by atoms with Gasteiger partial charge in [-0.2, -0.15) is 0 Å². The van der Waals surface area contributed by atoms with Crippen molar-refractivity contribution < 1.29 is 45.3 Å². The Hall–Kier alpha value is -2.69. The quantitative estimate of drug-likeness (QED) is 0.297. The van der Waals surface area contributed by atoms with Gasteiger partial charge in [-0.3, -0.25) is 4.79 Å². The van der Waals surface area contributed by atoms with Gasteiger partial charge < -0.3 is 40.5 Å². The molecule has 7 N–H and O–H groups in total. The van der Waals surface area contributed by atoms with Crippen molar-refractivity contribution in [3.63, 3.8) is 0 Å². The van der Waals surface area contributed by atoms with E-state index in [1.165, 1.54) is 18.2 Å². The van der Waals surface area contributed by atoms with E-state index in [9.17, 15) is 40.5 Å². The zero-order chi connectivity index (χ0) is 22.7. The molecule has 0 radical (unpaired) electrons. The molecule has 1 fully saturated rings. The highest BCUT2D eigenvalue weighted by atomic mass is 16.5. The van der Waals surface area contributed by atoms with Crippen molar-refractivity contribution in [2.24, 2.45) is 0 Å². The average Bonchev–Trinajstić information content (AvgIpc) is 2.73. The van der Waals surface area contributed by atoms with E-state index >= 15 is 0 Å². The van der Waals surface area contributed by atoms with Gasteiger partial charge in [0.2, 0.25) is 0 Å². The molecule has 168 valence electrons. The van der Waals surface area contributed by atoms with Crippen LogP contribution in [0.1, 0.15) is 27.9 Å². The Kier molecular flexibility index (Phi) is 7.14. The molecule has 2 aromatic rings. The lowest BCUT2D eigenvalue weighted by Gasteiger charge is -2.40. The molecule has 9 heteroatoms. The fourth-order valence-corrected chi connectivity index (χ4v) is 3.76. The molecule has 0 saturated carbocycles. The molecule has 5 atom stereocenters. The number of hydrogen-bond donors (Lipinski definition) is 7. The first-order valence-electron chi connectivity index (χ1n) is 9.87. The molecule has 2 aromatic carbocycles. The molecule has 0 bridgehead atoms. The van der Waals surface area contributed by atoms with Gasteiger partial charge in [-0.1, -0.05) is 12.1 Å². The summed E-state index contributed by atoms with van der Waals surface area (Å²) < 4.78 is 5.48. The largest absolute Gasteiger partial charge is 0.508 e. The smallest absolute Gasteiger partial charge is 0.167 e. The van der Waals surface area contributed by atoms with Gasteiger partial charge >= 0.3 is 0 Å². The monoisotopic (exact) mass is 434 g/mol. The highest BCUT2D eigenvalue weighted by molar-refractivity contribution is 6.00. The lowest BCUT2D eigenvalue weighted by Crippen LogP contribution is -2.59. The van der Waals surface area contributed by atoms with Crippen molar-refractivity contribution in [3.8, 4) is 17.2 Å². The minimum atomic E-state index is -1.57. The van der Waals surface area contributed by atoms with E-state index in [4.69, 9.17) is 4.74 Å². The van der Waals surface area contributed by atoms with E-state index < -0.39 is 48.7 Å². The van der Waals surface area contributed by atoms with E-state index in [2.05, 4.69) is 0 Å². The van der Waals surface area contributed by atoms with E-state index in [1.807, 2.05) is 0 Å². The zero-order valence-electron chi connectivity index (χ0n) is 16.6. The fraction of sp³-hybridized carbons (Fsp3) is 0.409. The Labute approximate surface area is 178 Å². The zero-order valence-corrected chi connectivity index (χ0v) is 16.6. The summed E-state index contributed by atoms with van der Waals surface area (Å²) in [6, 6.07) is 8.65. The number of carbonyl (C=O) groups is 1. The number of aryl methyl sites for hydroxylation is 1. The summed E-state index contributed by atoms with van der Waals surface area (Å²) >= 11 is 0. The lowest BCUT2D eigenvalue weighted by molar-refractivity contribution is -0.228. The van der Waals surface area contributed by atoms with E-state index in [0.717, 1.165) is 11.6 Å². The predicted molar refractivity (Wildman–Crippen MR) is 108 cm³/mol. The minimum Gasteiger partial charge on any atom is -0.508 e. The summed E-state index contributed by atoms with van der Waals surface area (Å²) in [4.78, 5) is 12.9. The Morgan fingerprint density at radius 3 is 2.16 bits per heavy atom. The van der Waals surface area contributed by atoms with Gasteiger partial charge in [0.05, 0.1) is 18.3 Å². The molecule has 1 aliphatic rings. The number of ether oxygens (including phenoxy) is 1. The van der Waals surface area contributed by atoms with Crippen LogP contribution in [-0.4, -0.2) is 78.7 Å². The number of phenolic OH excluding ortho intramolecular Hbond substituents is 3. The van der Waals surface area contributed by atoms with E-state index in [-0.39, 0.29) is 35.5 Å². The lowest BCUT2D eigenvalue weighted by atomic mass is 9.88. The van der Waals surface area contributed by atoms with Crippen molar-refractivity contribution in [2.45, 2.75) is 49.8 Å². The van der Waals surface area contributed by atoms with Crippen LogP contribution in [-0.2, 0) is 17.6 Å². The number of hydrogen-bond acceptors (Lipinski definition) is 9. The number of rotatable bonds is 7. The van der Waals surface area contributed by atoms with Crippen molar-refractivity contribution in [1.29, 1.82) is 0 Å². The Balaban J connectivity index is 1.82. The van der Waals surface area contributed by atoms with Gasteiger partial charge in [-0.05, 0) is 35.7 Å². The summed E-state index contributed by atoms with van der Waals surface area (Å²) in [5.74, 6) is -1.04. The van der Waals surface area contributed by atoms with Crippen molar-refractivity contribution in [2.75, 3.05) is 6.61 Å². The molecule has 1 saturated heterocycles. The van der Waals surface area contributed by atoms with Crippen LogP contribution < -0.4 is 0 Å². The maximum absolute atomic E-state index is 12.9. The summed E-state index contributed by atoms with van der Waals surface area (Å²) in [5, 5.41) is 69.1. The maximum atomic E-state index is 12.9. The minimum absolute atomic E-state index is 0.0325. The Morgan fingerprint density at radius 2 is 1.52 bits per heavy atom. The van der Waals surface area contributed by atoms with Gasteiger partial charge in [-0.15, -0.1) is 0 Å². The van der Waals surface area contributed by atoms with Crippen LogP contribution in [0.2, 0.25) is 0 Å².